The number of nitrogens with zero attached hydrogens (tertiary/aromatic N) is 3. The molecule has 1 aromatic heterocycles. The van der Waals surface area contributed by atoms with Crippen molar-refractivity contribution in [3.05, 3.63) is 53.3 Å². The van der Waals surface area contributed by atoms with E-state index in [4.69, 9.17) is 16.3 Å². The van der Waals surface area contributed by atoms with Crippen molar-refractivity contribution in [1.29, 1.82) is 0 Å². The molecule has 1 unspecified atom stereocenters. The number of rotatable bonds is 6. The molecular formula is C26H29ClN4O3. The zero-order valence-electron chi connectivity index (χ0n) is 19.5. The molecule has 2 heterocycles. The lowest BCUT2D eigenvalue weighted by Crippen LogP contribution is -2.40. The maximum Gasteiger partial charge on any atom is 0.228 e. The predicted molar refractivity (Wildman–Crippen MR) is 132 cm³/mol. The van der Waals surface area contributed by atoms with Gasteiger partial charge in [-0.25, -0.2) is 4.98 Å². The highest BCUT2D eigenvalue weighted by Gasteiger charge is 2.58. The number of imidazole rings is 1. The number of hydrogen-bond acceptors (Lipinski definition) is 4. The third-order valence-electron chi connectivity index (χ3n) is 7.43. The van der Waals surface area contributed by atoms with E-state index in [9.17, 15) is 9.59 Å². The molecule has 34 heavy (non-hydrogen) atoms. The molecule has 5 rings (SSSR count). The van der Waals surface area contributed by atoms with Crippen LogP contribution >= 0.6 is 11.6 Å². The van der Waals surface area contributed by atoms with Crippen molar-refractivity contribution < 1.29 is 14.3 Å². The van der Waals surface area contributed by atoms with Crippen LogP contribution in [-0.4, -0.2) is 46.5 Å². The molecular weight excluding hydrogens is 452 g/mol. The van der Waals surface area contributed by atoms with Crippen molar-refractivity contribution in [1.82, 2.24) is 14.5 Å². The van der Waals surface area contributed by atoms with E-state index in [0.29, 0.717) is 42.5 Å². The van der Waals surface area contributed by atoms with Crippen LogP contribution in [0.1, 0.15) is 31.5 Å². The Morgan fingerprint density at radius 1 is 1.21 bits per heavy atom. The second kappa shape index (κ2) is 8.95. The van der Waals surface area contributed by atoms with Gasteiger partial charge in [-0.2, -0.15) is 0 Å². The molecule has 1 aliphatic carbocycles. The van der Waals surface area contributed by atoms with Gasteiger partial charge in [-0.3, -0.25) is 9.59 Å². The maximum absolute atomic E-state index is 12.9. The topological polar surface area (TPSA) is 76.5 Å². The minimum Gasteiger partial charge on any atom is -0.495 e. The number of carbonyl (C=O) groups is 2. The second-order valence-corrected chi connectivity index (χ2v) is 9.80. The van der Waals surface area contributed by atoms with Gasteiger partial charge >= 0.3 is 0 Å². The van der Waals surface area contributed by atoms with Crippen molar-refractivity contribution in [3.63, 3.8) is 0 Å². The Balaban J connectivity index is 1.13. The Hall–Kier alpha value is -3.06. The summed E-state index contributed by atoms with van der Waals surface area (Å²) in [5.41, 5.74) is 2.72. The summed E-state index contributed by atoms with van der Waals surface area (Å²) in [4.78, 5) is 32.3. The van der Waals surface area contributed by atoms with Crippen LogP contribution in [0.15, 0.2) is 42.5 Å². The van der Waals surface area contributed by atoms with E-state index >= 15 is 0 Å². The quantitative estimate of drug-likeness (QED) is 0.556. The summed E-state index contributed by atoms with van der Waals surface area (Å²) in [6, 6.07) is 13.3. The van der Waals surface area contributed by atoms with Gasteiger partial charge in [0.05, 0.1) is 23.2 Å². The molecule has 0 radical (unpaired) electrons. The fraction of sp³-hybridized carbons (Fsp3) is 0.423. The number of nitrogens with one attached hydrogen (secondary N) is 1. The Morgan fingerprint density at radius 2 is 1.97 bits per heavy atom. The van der Waals surface area contributed by atoms with E-state index in [0.717, 1.165) is 36.1 Å². The molecule has 1 saturated heterocycles. The average Bonchev–Trinajstić information content (AvgIpc) is 3.43. The van der Waals surface area contributed by atoms with Crippen LogP contribution in [0.2, 0.25) is 5.02 Å². The van der Waals surface area contributed by atoms with Crippen molar-refractivity contribution in [2.75, 3.05) is 25.5 Å². The third-order valence-corrected chi connectivity index (χ3v) is 7.73. The molecule has 0 bridgehead atoms. The molecule has 178 valence electrons. The summed E-state index contributed by atoms with van der Waals surface area (Å²) in [5, 5.41) is 3.46. The van der Waals surface area contributed by atoms with Crippen LogP contribution in [0.4, 0.5) is 5.69 Å². The van der Waals surface area contributed by atoms with E-state index in [2.05, 4.69) is 14.9 Å². The van der Waals surface area contributed by atoms with Gasteiger partial charge in [-0.15, -0.1) is 0 Å². The number of anilines is 1. The number of carbonyl (C=O) groups excluding carboxylic acids is 2. The number of likely N-dealkylation sites (tertiary alicyclic amines) is 1. The van der Waals surface area contributed by atoms with Gasteiger partial charge in [0, 0.05) is 37.7 Å². The molecule has 1 N–H and O–H groups in total. The summed E-state index contributed by atoms with van der Waals surface area (Å²) in [6.07, 6.45) is 3.07. The number of benzene rings is 2. The Morgan fingerprint density at radius 3 is 2.71 bits per heavy atom. The Kier molecular flexibility index (Phi) is 5.98. The molecule has 1 atom stereocenters. The normalized spacial score (nSPS) is 18.8. The van der Waals surface area contributed by atoms with Crippen LogP contribution in [0.25, 0.3) is 11.0 Å². The van der Waals surface area contributed by atoms with Crippen molar-refractivity contribution in [2.24, 2.45) is 11.3 Å². The predicted octanol–water partition coefficient (Wildman–Crippen LogP) is 4.66. The van der Waals surface area contributed by atoms with Gasteiger partial charge in [0.1, 0.15) is 11.6 Å². The van der Waals surface area contributed by atoms with Crippen LogP contribution < -0.4 is 10.1 Å². The van der Waals surface area contributed by atoms with E-state index in [-0.39, 0.29) is 23.1 Å². The first-order valence-corrected chi connectivity index (χ1v) is 12.1. The summed E-state index contributed by atoms with van der Waals surface area (Å²) >= 11 is 6.17. The van der Waals surface area contributed by atoms with Gasteiger partial charge in [-0.05, 0) is 61.9 Å². The average molecular weight is 481 g/mol. The van der Waals surface area contributed by atoms with Crippen LogP contribution in [0.5, 0.6) is 5.75 Å². The van der Waals surface area contributed by atoms with Gasteiger partial charge in [0.15, 0.2) is 0 Å². The van der Waals surface area contributed by atoms with E-state index < -0.39 is 0 Å². The number of ether oxygens (including phenoxy) is 1. The number of halogens is 1. The van der Waals surface area contributed by atoms with Gasteiger partial charge in [-0.1, -0.05) is 23.7 Å². The number of fused-ring (bicyclic) bond motifs is 1. The highest BCUT2D eigenvalue weighted by Crippen LogP contribution is 2.59. The maximum atomic E-state index is 12.9. The van der Waals surface area contributed by atoms with Crippen LogP contribution in [0, 0.1) is 18.3 Å². The summed E-state index contributed by atoms with van der Waals surface area (Å²) in [7, 11) is 1.56. The summed E-state index contributed by atoms with van der Waals surface area (Å²) in [6.45, 7) is 4.02. The minimum atomic E-state index is -0.00871. The monoisotopic (exact) mass is 480 g/mol. The zero-order chi connectivity index (χ0) is 23.9. The molecule has 8 heteroatoms. The molecule has 3 aromatic rings. The number of aryl methyl sites for hydroxylation is 2. The van der Waals surface area contributed by atoms with Crippen molar-refractivity contribution in [3.8, 4) is 5.75 Å². The fourth-order valence-corrected chi connectivity index (χ4v) is 5.55. The molecule has 1 aliphatic heterocycles. The van der Waals surface area contributed by atoms with E-state index in [1.807, 2.05) is 36.1 Å². The minimum absolute atomic E-state index is 0.00871. The second-order valence-electron chi connectivity index (χ2n) is 9.39. The highest BCUT2D eigenvalue weighted by atomic mass is 35.5. The molecule has 2 aliphatic rings. The van der Waals surface area contributed by atoms with Crippen LogP contribution in [0.3, 0.4) is 0 Å². The van der Waals surface area contributed by atoms with Crippen LogP contribution in [-0.2, 0) is 16.1 Å². The lowest BCUT2D eigenvalue weighted by molar-refractivity contribution is -0.133. The standard InChI is InChI=1S/C26H29ClN4O3/c1-17-28-21-5-3-4-6-22(21)31(17)12-9-24(32)30-13-10-26(11-14-30)16-19(26)25(33)29-18-7-8-23(34-2)20(27)15-18/h3-8,15,19H,9-14,16H2,1-2H3,(H,29,33). The first-order valence-electron chi connectivity index (χ1n) is 11.7. The number of aromatic nitrogens is 2. The molecule has 1 saturated carbocycles. The lowest BCUT2D eigenvalue weighted by Gasteiger charge is -2.33. The van der Waals surface area contributed by atoms with E-state index in [1.54, 1.807) is 25.3 Å². The summed E-state index contributed by atoms with van der Waals surface area (Å²) < 4.78 is 7.28. The first-order chi connectivity index (χ1) is 16.4. The molecule has 1 spiro atoms. The first kappa shape index (κ1) is 22.7. The van der Waals surface area contributed by atoms with Gasteiger partial charge in [0.25, 0.3) is 0 Å². The smallest absolute Gasteiger partial charge is 0.228 e. The fourth-order valence-electron chi connectivity index (χ4n) is 5.29. The number of amides is 2. The molecule has 7 nitrogen and oxygen atoms in total. The van der Waals surface area contributed by atoms with Gasteiger partial charge in [0.2, 0.25) is 11.8 Å². The van der Waals surface area contributed by atoms with Crippen molar-refractivity contribution >= 4 is 40.1 Å². The SMILES string of the molecule is COc1ccc(NC(=O)C2CC23CCN(C(=O)CCn2c(C)nc4ccccc42)CC3)cc1Cl. The number of hydrogen-bond donors (Lipinski definition) is 1. The molecule has 2 aromatic carbocycles. The number of para-hydroxylation sites is 2. The Bertz CT molecular complexity index is 1250. The number of methoxy groups -OCH3 is 1. The lowest BCUT2D eigenvalue weighted by atomic mass is 9.90. The van der Waals surface area contributed by atoms with E-state index in [1.165, 1.54) is 0 Å². The zero-order valence-corrected chi connectivity index (χ0v) is 20.3. The molecule has 2 fully saturated rings. The third kappa shape index (κ3) is 4.25. The van der Waals surface area contributed by atoms with Gasteiger partial charge < -0.3 is 19.5 Å². The number of piperidine rings is 1. The van der Waals surface area contributed by atoms with Crippen molar-refractivity contribution in [2.45, 2.75) is 39.2 Å². The summed E-state index contributed by atoms with van der Waals surface area (Å²) in [5.74, 6) is 1.70. The Labute approximate surface area is 204 Å². The molecule has 2 amide bonds. The largest absolute Gasteiger partial charge is 0.495 e. The highest BCUT2D eigenvalue weighted by molar-refractivity contribution is 6.32.